The molecule has 0 aliphatic carbocycles. The van der Waals surface area contributed by atoms with Gasteiger partial charge in [0.15, 0.2) is 5.71 Å². The van der Waals surface area contributed by atoms with Crippen LogP contribution in [0.2, 0.25) is 0 Å². The fourth-order valence-electron chi connectivity index (χ4n) is 7.14. The van der Waals surface area contributed by atoms with E-state index in [2.05, 4.69) is 154 Å². The van der Waals surface area contributed by atoms with Crippen molar-refractivity contribution in [3.05, 3.63) is 120 Å². The Hall–Kier alpha value is -3.91. The van der Waals surface area contributed by atoms with Crippen LogP contribution in [0.15, 0.2) is 109 Å². The second-order valence-corrected chi connectivity index (χ2v) is 12.4. The van der Waals surface area contributed by atoms with E-state index in [1.165, 1.54) is 68.3 Å². The van der Waals surface area contributed by atoms with E-state index in [0.717, 1.165) is 6.54 Å². The standard InChI is InChI=1S/C38H41N2/c1-7-8-26-40-32-25-23-28-17-13-15-19-30(28)36(32)38(4,5)34(40)21-11-9-10-20-33-37(2,3)35-29-18-14-12-16-27(29)22-24-31(35)39(33)6/h9-25H,7-8,26H2,1-6H3/q+1. The summed E-state index contributed by atoms with van der Waals surface area (Å²) in [6.07, 6.45) is 13.6. The lowest BCUT2D eigenvalue weighted by Crippen LogP contribution is -2.27. The molecule has 0 radical (unpaired) electrons. The van der Waals surface area contributed by atoms with Gasteiger partial charge in [-0.1, -0.05) is 100 Å². The predicted octanol–water partition coefficient (Wildman–Crippen LogP) is 9.59. The predicted molar refractivity (Wildman–Crippen MR) is 173 cm³/mol. The highest BCUT2D eigenvalue weighted by Gasteiger charge is 2.44. The summed E-state index contributed by atoms with van der Waals surface area (Å²) >= 11 is 0. The molecular formula is C38H41N2+. The van der Waals surface area contributed by atoms with Gasteiger partial charge in [-0.2, -0.15) is 4.58 Å². The van der Waals surface area contributed by atoms with Crippen LogP contribution in [-0.4, -0.2) is 23.9 Å². The molecule has 0 saturated heterocycles. The SMILES string of the molecule is CCCCN1/C(=C/C=C/C=C/C2=[N+](C)c3ccc4ccccc4c3C2(C)C)C(C)(C)c2c1ccc1ccccc21. The second-order valence-electron chi connectivity index (χ2n) is 12.4. The molecule has 2 aliphatic rings. The summed E-state index contributed by atoms with van der Waals surface area (Å²) in [7, 11) is 2.20. The van der Waals surface area contributed by atoms with Gasteiger partial charge >= 0.3 is 0 Å². The molecule has 202 valence electrons. The molecule has 2 aliphatic heterocycles. The molecule has 0 bridgehead atoms. The average molecular weight is 526 g/mol. The van der Waals surface area contributed by atoms with E-state index in [1.807, 2.05) is 0 Å². The highest BCUT2D eigenvalue weighted by Crippen LogP contribution is 2.51. The van der Waals surface area contributed by atoms with E-state index in [4.69, 9.17) is 0 Å². The molecule has 2 nitrogen and oxygen atoms in total. The number of nitrogens with zero attached hydrogens (tertiary/aromatic N) is 2. The molecule has 2 heterocycles. The first-order valence-corrected chi connectivity index (χ1v) is 14.8. The van der Waals surface area contributed by atoms with Crippen LogP contribution in [0.3, 0.4) is 0 Å². The maximum absolute atomic E-state index is 2.56. The summed E-state index contributed by atoms with van der Waals surface area (Å²) in [6.45, 7) is 12.8. The summed E-state index contributed by atoms with van der Waals surface area (Å²) in [5, 5.41) is 5.34. The number of rotatable bonds is 6. The number of fused-ring (bicyclic) bond motifs is 6. The van der Waals surface area contributed by atoms with Crippen LogP contribution in [0, 0.1) is 0 Å². The average Bonchev–Trinajstić information content (AvgIpc) is 3.29. The topological polar surface area (TPSA) is 6.25 Å². The van der Waals surface area contributed by atoms with Crippen molar-refractivity contribution < 1.29 is 4.58 Å². The van der Waals surface area contributed by atoms with Crippen molar-refractivity contribution in [3.8, 4) is 0 Å². The Balaban J connectivity index is 1.32. The lowest BCUT2D eigenvalue weighted by atomic mass is 9.79. The van der Waals surface area contributed by atoms with E-state index in [9.17, 15) is 0 Å². The van der Waals surface area contributed by atoms with Crippen molar-refractivity contribution in [2.45, 2.75) is 58.3 Å². The van der Waals surface area contributed by atoms with Crippen molar-refractivity contribution >= 4 is 38.6 Å². The minimum atomic E-state index is -0.0686. The highest BCUT2D eigenvalue weighted by atomic mass is 15.2. The van der Waals surface area contributed by atoms with Gasteiger partial charge in [0.05, 0.1) is 5.41 Å². The van der Waals surface area contributed by atoms with E-state index in [1.54, 1.807) is 0 Å². The normalized spacial score (nSPS) is 18.6. The Morgan fingerprint density at radius 2 is 1.38 bits per heavy atom. The summed E-state index contributed by atoms with van der Waals surface area (Å²) in [6, 6.07) is 26.7. The van der Waals surface area contributed by atoms with Gasteiger partial charge in [-0.3, -0.25) is 0 Å². The summed E-state index contributed by atoms with van der Waals surface area (Å²) in [4.78, 5) is 2.56. The van der Waals surface area contributed by atoms with E-state index >= 15 is 0 Å². The Morgan fingerprint density at radius 1 is 0.725 bits per heavy atom. The molecule has 4 aromatic rings. The molecule has 40 heavy (non-hydrogen) atoms. The van der Waals surface area contributed by atoms with Crippen molar-refractivity contribution in [1.29, 1.82) is 0 Å². The number of anilines is 1. The third kappa shape index (κ3) is 4.04. The Bertz CT molecular complexity index is 1740. The van der Waals surface area contributed by atoms with E-state index in [-0.39, 0.29) is 10.8 Å². The molecule has 0 spiro atoms. The second kappa shape index (κ2) is 9.93. The molecule has 0 aromatic heterocycles. The van der Waals surface area contributed by atoms with Crippen LogP contribution in [0.5, 0.6) is 0 Å². The first kappa shape index (κ1) is 26.3. The molecule has 2 heteroatoms. The third-order valence-corrected chi connectivity index (χ3v) is 9.11. The van der Waals surface area contributed by atoms with Gasteiger partial charge < -0.3 is 4.90 Å². The molecule has 6 rings (SSSR count). The molecule has 0 atom stereocenters. The monoisotopic (exact) mass is 525 g/mol. The number of hydrogen-bond acceptors (Lipinski definition) is 1. The van der Waals surface area contributed by atoms with Gasteiger partial charge in [-0.05, 0) is 65.6 Å². The molecule has 0 unspecified atom stereocenters. The van der Waals surface area contributed by atoms with Crippen LogP contribution in [-0.2, 0) is 10.8 Å². The fraction of sp³-hybridized carbons (Fsp3) is 0.289. The van der Waals surface area contributed by atoms with Crippen molar-refractivity contribution in [1.82, 2.24) is 0 Å². The zero-order valence-corrected chi connectivity index (χ0v) is 24.8. The van der Waals surface area contributed by atoms with Gasteiger partial charge in [0, 0.05) is 41.1 Å². The van der Waals surface area contributed by atoms with Crippen molar-refractivity contribution in [2.24, 2.45) is 0 Å². The van der Waals surface area contributed by atoms with Gasteiger partial charge in [0.25, 0.3) is 0 Å². The molecule has 0 N–H and O–H groups in total. The first-order chi connectivity index (χ1) is 19.3. The fourth-order valence-corrected chi connectivity index (χ4v) is 7.14. The Morgan fingerprint density at radius 3 is 2.08 bits per heavy atom. The zero-order chi connectivity index (χ0) is 28.1. The summed E-state index contributed by atoms with van der Waals surface area (Å²) in [5.41, 5.74) is 8.10. The molecule has 4 aromatic carbocycles. The van der Waals surface area contributed by atoms with Crippen LogP contribution in [0.4, 0.5) is 11.4 Å². The lowest BCUT2D eigenvalue weighted by Gasteiger charge is -2.27. The smallest absolute Gasteiger partial charge is 0.210 e. The van der Waals surface area contributed by atoms with Crippen LogP contribution in [0.1, 0.15) is 58.6 Å². The molecule has 0 fully saturated rings. The van der Waals surface area contributed by atoms with Crippen LogP contribution in [0.25, 0.3) is 21.5 Å². The van der Waals surface area contributed by atoms with Crippen molar-refractivity contribution in [3.63, 3.8) is 0 Å². The Kier molecular flexibility index (Phi) is 6.53. The quantitative estimate of drug-likeness (QED) is 0.179. The van der Waals surface area contributed by atoms with Gasteiger partial charge in [-0.25, -0.2) is 0 Å². The van der Waals surface area contributed by atoms with E-state index < -0.39 is 0 Å². The maximum Gasteiger partial charge on any atom is 0.210 e. The number of allylic oxidation sites excluding steroid dienone is 6. The van der Waals surface area contributed by atoms with E-state index in [0.29, 0.717) is 0 Å². The van der Waals surface area contributed by atoms with Gasteiger partial charge in [0.2, 0.25) is 5.69 Å². The third-order valence-electron chi connectivity index (χ3n) is 9.11. The number of benzene rings is 4. The lowest BCUT2D eigenvalue weighted by molar-refractivity contribution is -0.401. The zero-order valence-electron chi connectivity index (χ0n) is 24.8. The maximum atomic E-state index is 2.56. The largest absolute Gasteiger partial charge is 0.344 e. The summed E-state index contributed by atoms with van der Waals surface area (Å²) < 4.78 is 2.36. The molecular weight excluding hydrogens is 484 g/mol. The number of unbranched alkanes of at least 4 members (excludes halogenated alkanes) is 1. The Labute approximate surface area is 239 Å². The minimum absolute atomic E-state index is 0.0664. The minimum Gasteiger partial charge on any atom is -0.344 e. The summed E-state index contributed by atoms with van der Waals surface area (Å²) in [5.74, 6) is 0. The van der Waals surface area contributed by atoms with Gasteiger partial charge in [-0.15, -0.1) is 0 Å². The number of hydrogen-bond donors (Lipinski definition) is 0. The van der Waals surface area contributed by atoms with Gasteiger partial charge in [0.1, 0.15) is 7.05 Å². The molecule has 0 saturated carbocycles. The first-order valence-electron chi connectivity index (χ1n) is 14.8. The van der Waals surface area contributed by atoms with Crippen molar-refractivity contribution in [2.75, 3.05) is 18.5 Å². The highest BCUT2D eigenvalue weighted by molar-refractivity contribution is 6.07. The van der Waals surface area contributed by atoms with Crippen LogP contribution >= 0.6 is 0 Å². The van der Waals surface area contributed by atoms with Crippen LogP contribution < -0.4 is 4.90 Å². The molecule has 0 amide bonds.